The normalized spacial score (nSPS) is 14.7. The van der Waals surface area contributed by atoms with Gasteiger partial charge in [0.1, 0.15) is 5.82 Å². The number of rotatable bonds is 3. The van der Waals surface area contributed by atoms with E-state index in [1.807, 2.05) is 24.3 Å². The number of fused-ring (bicyclic) bond motifs is 1. The fourth-order valence-electron chi connectivity index (χ4n) is 2.90. The highest BCUT2D eigenvalue weighted by Gasteiger charge is 2.13. The summed E-state index contributed by atoms with van der Waals surface area (Å²) < 4.78 is 19.5. The average molecular weight is 356 g/mol. The lowest BCUT2D eigenvalue weighted by molar-refractivity contribution is 0.103. The summed E-state index contributed by atoms with van der Waals surface area (Å²) in [4.78, 5) is 15.3. The zero-order valence-electron chi connectivity index (χ0n) is 13.5. The number of amides is 1. The highest BCUT2D eigenvalue weighted by atomic mass is 32.1. The van der Waals surface area contributed by atoms with Crippen molar-refractivity contribution in [2.45, 2.75) is 0 Å². The molecule has 0 unspecified atom stereocenters. The maximum atomic E-state index is 13.3. The quantitative estimate of drug-likeness (QED) is 0.767. The van der Waals surface area contributed by atoms with Crippen molar-refractivity contribution >= 4 is 38.7 Å². The van der Waals surface area contributed by atoms with E-state index in [0.717, 1.165) is 47.8 Å². The molecule has 4 nitrogen and oxygen atoms in total. The zero-order valence-corrected chi connectivity index (χ0v) is 14.3. The first-order valence-corrected chi connectivity index (χ1v) is 8.94. The van der Waals surface area contributed by atoms with E-state index >= 15 is 0 Å². The number of hydrogen-bond acceptors (Lipinski definition) is 4. The number of thiophene rings is 1. The van der Waals surface area contributed by atoms with Gasteiger partial charge in [-0.25, -0.2) is 4.39 Å². The summed E-state index contributed by atoms with van der Waals surface area (Å²) in [6.07, 6.45) is 0. The minimum atomic E-state index is -0.295. The smallest absolute Gasteiger partial charge is 0.265 e. The molecular formula is C19H17FN2O2S. The SMILES string of the molecule is O=C(Nc1ccc(N2CCOCC2)cc1)c1cc2cc(F)ccc2s1. The molecule has 1 aliphatic rings. The molecule has 2 heterocycles. The Bertz CT molecular complexity index is 901. The molecule has 0 radical (unpaired) electrons. The van der Waals surface area contributed by atoms with E-state index in [1.165, 1.54) is 23.5 Å². The molecule has 0 aliphatic carbocycles. The van der Waals surface area contributed by atoms with E-state index < -0.39 is 0 Å². The number of halogens is 1. The number of morpholine rings is 1. The summed E-state index contributed by atoms with van der Waals surface area (Å²) in [6, 6.07) is 14.1. The molecule has 0 spiro atoms. The number of nitrogens with one attached hydrogen (secondary N) is 1. The maximum Gasteiger partial charge on any atom is 0.265 e. The standard InChI is InChI=1S/C19H17FN2O2S/c20-14-1-6-17-13(11-14)12-18(25-17)19(23)21-15-2-4-16(5-3-15)22-7-9-24-10-8-22/h1-6,11-12H,7-10H2,(H,21,23). The second-order valence-electron chi connectivity index (χ2n) is 5.89. The molecule has 3 aromatic rings. The molecule has 0 atom stereocenters. The first kappa shape index (κ1) is 16.1. The van der Waals surface area contributed by atoms with Gasteiger partial charge in [0.2, 0.25) is 0 Å². The maximum absolute atomic E-state index is 13.3. The zero-order chi connectivity index (χ0) is 17.2. The van der Waals surface area contributed by atoms with Gasteiger partial charge in [0, 0.05) is 29.2 Å². The first-order chi connectivity index (χ1) is 12.2. The molecule has 1 fully saturated rings. The van der Waals surface area contributed by atoms with E-state index in [0.29, 0.717) is 4.88 Å². The summed E-state index contributed by atoms with van der Waals surface area (Å²) >= 11 is 1.36. The predicted octanol–water partition coefficient (Wildman–Crippen LogP) is 4.13. The number of hydrogen-bond donors (Lipinski definition) is 1. The third-order valence-corrected chi connectivity index (χ3v) is 5.32. The van der Waals surface area contributed by atoms with E-state index in [-0.39, 0.29) is 11.7 Å². The fourth-order valence-corrected chi connectivity index (χ4v) is 3.83. The predicted molar refractivity (Wildman–Crippen MR) is 99.2 cm³/mol. The minimum absolute atomic E-state index is 0.180. The van der Waals surface area contributed by atoms with Crippen LogP contribution in [0.2, 0.25) is 0 Å². The van der Waals surface area contributed by atoms with Crippen molar-refractivity contribution in [1.29, 1.82) is 0 Å². The number of benzene rings is 2. The van der Waals surface area contributed by atoms with Crippen molar-refractivity contribution in [3.05, 3.63) is 59.2 Å². The molecule has 4 rings (SSSR count). The van der Waals surface area contributed by atoms with Crippen LogP contribution >= 0.6 is 11.3 Å². The van der Waals surface area contributed by atoms with Gasteiger partial charge in [-0.3, -0.25) is 4.79 Å². The molecule has 25 heavy (non-hydrogen) atoms. The molecule has 1 N–H and O–H groups in total. The van der Waals surface area contributed by atoms with Gasteiger partial charge in [-0.15, -0.1) is 11.3 Å². The second kappa shape index (κ2) is 6.82. The Morgan fingerprint density at radius 1 is 1.08 bits per heavy atom. The van der Waals surface area contributed by atoms with Crippen LogP contribution in [0.1, 0.15) is 9.67 Å². The third kappa shape index (κ3) is 3.50. The van der Waals surface area contributed by atoms with E-state index in [2.05, 4.69) is 10.2 Å². The summed E-state index contributed by atoms with van der Waals surface area (Å²) in [7, 11) is 0. The average Bonchev–Trinajstić information content (AvgIpc) is 3.06. The summed E-state index contributed by atoms with van der Waals surface area (Å²) in [5, 5.41) is 3.65. The van der Waals surface area contributed by atoms with Gasteiger partial charge in [-0.2, -0.15) is 0 Å². The van der Waals surface area contributed by atoms with Crippen LogP contribution in [0.3, 0.4) is 0 Å². The first-order valence-electron chi connectivity index (χ1n) is 8.12. The van der Waals surface area contributed by atoms with E-state index in [1.54, 1.807) is 12.1 Å². The molecule has 2 aromatic carbocycles. The van der Waals surface area contributed by atoms with Gasteiger partial charge in [0.05, 0.1) is 18.1 Å². The largest absolute Gasteiger partial charge is 0.378 e. The lowest BCUT2D eigenvalue weighted by Crippen LogP contribution is -2.36. The van der Waals surface area contributed by atoms with E-state index in [4.69, 9.17) is 4.74 Å². The Balaban J connectivity index is 1.47. The topological polar surface area (TPSA) is 41.6 Å². The summed E-state index contributed by atoms with van der Waals surface area (Å²) in [5.74, 6) is -0.475. The molecule has 1 aromatic heterocycles. The second-order valence-corrected chi connectivity index (χ2v) is 6.98. The Labute approximate surface area is 148 Å². The lowest BCUT2D eigenvalue weighted by atomic mass is 10.2. The number of anilines is 2. The molecule has 6 heteroatoms. The summed E-state index contributed by atoms with van der Waals surface area (Å²) in [5.41, 5.74) is 1.87. The Morgan fingerprint density at radius 3 is 2.60 bits per heavy atom. The summed E-state index contributed by atoms with van der Waals surface area (Å²) in [6.45, 7) is 3.24. The fraction of sp³-hybridized carbons (Fsp3) is 0.211. The molecule has 0 saturated carbocycles. The van der Waals surface area contributed by atoms with Crippen LogP contribution in [-0.4, -0.2) is 32.2 Å². The Kier molecular flexibility index (Phi) is 4.38. The van der Waals surface area contributed by atoms with Crippen LogP contribution in [0.5, 0.6) is 0 Å². The molecule has 1 saturated heterocycles. The molecule has 0 bridgehead atoms. The van der Waals surface area contributed by atoms with Crippen molar-refractivity contribution in [2.24, 2.45) is 0 Å². The van der Waals surface area contributed by atoms with Gasteiger partial charge in [-0.1, -0.05) is 0 Å². The van der Waals surface area contributed by atoms with Crippen LogP contribution in [0, 0.1) is 5.82 Å². The Hall–Kier alpha value is -2.44. The molecule has 128 valence electrons. The highest BCUT2D eigenvalue weighted by Crippen LogP contribution is 2.27. The van der Waals surface area contributed by atoms with Gasteiger partial charge in [-0.05, 0) is 53.9 Å². The third-order valence-electron chi connectivity index (χ3n) is 4.20. The van der Waals surface area contributed by atoms with Crippen LogP contribution in [0.15, 0.2) is 48.5 Å². The van der Waals surface area contributed by atoms with Crippen molar-refractivity contribution in [2.75, 3.05) is 36.5 Å². The molecule has 1 amide bonds. The van der Waals surface area contributed by atoms with Crippen molar-refractivity contribution in [3.63, 3.8) is 0 Å². The monoisotopic (exact) mass is 356 g/mol. The number of ether oxygens (including phenoxy) is 1. The van der Waals surface area contributed by atoms with Gasteiger partial charge < -0.3 is 15.0 Å². The van der Waals surface area contributed by atoms with Crippen LogP contribution < -0.4 is 10.2 Å². The van der Waals surface area contributed by atoms with Crippen molar-refractivity contribution < 1.29 is 13.9 Å². The van der Waals surface area contributed by atoms with Crippen molar-refractivity contribution in [3.8, 4) is 0 Å². The van der Waals surface area contributed by atoms with Gasteiger partial charge in [0.15, 0.2) is 0 Å². The van der Waals surface area contributed by atoms with E-state index in [9.17, 15) is 9.18 Å². The minimum Gasteiger partial charge on any atom is -0.378 e. The van der Waals surface area contributed by atoms with Crippen LogP contribution in [0.25, 0.3) is 10.1 Å². The highest BCUT2D eigenvalue weighted by molar-refractivity contribution is 7.20. The van der Waals surface area contributed by atoms with Crippen LogP contribution in [-0.2, 0) is 4.74 Å². The van der Waals surface area contributed by atoms with Gasteiger partial charge in [0.25, 0.3) is 5.91 Å². The lowest BCUT2D eigenvalue weighted by Gasteiger charge is -2.28. The molecular weight excluding hydrogens is 339 g/mol. The molecule has 1 aliphatic heterocycles. The number of nitrogens with zero attached hydrogens (tertiary/aromatic N) is 1. The van der Waals surface area contributed by atoms with Crippen molar-refractivity contribution in [1.82, 2.24) is 0 Å². The van der Waals surface area contributed by atoms with Crippen LogP contribution in [0.4, 0.5) is 15.8 Å². The number of carbonyl (C=O) groups is 1. The van der Waals surface area contributed by atoms with Gasteiger partial charge >= 0.3 is 0 Å². The number of carbonyl (C=O) groups excluding carboxylic acids is 1. The Morgan fingerprint density at radius 2 is 1.84 bits per heavy atom.